The maximum Gasteiger partial charge on any atom is 0.490 e. The van der Waals surface area contributed by atoms with Crippen LogP contribution in [0.5, 0.6) is 0 Å². The van der Waals surface area contributed by atoms with E-state index in [1.54, 1.807) is 22.4 Å². The molecule has 0 bridgehead atoms. The summed E-state index contributed by atoms with van der Waals surface area (Å²) in [5, 5.41) is 35.6. The number of unbranched alkanes of at least 4 members (excludes halogenated alkanes) is 6. The first kappa shape index (κ1) is 52.8. The van der Waals surface area contributed by atoms with Gasteiger partial charge in [0.25, 0.3) is 0 Å². The zero-order chi connectivity index (χ0) is 48.7. The second-order valence-electron chi connectivity index (χ2n) is 18.8. The van der Waals surface area contributed by atoms with Gasteiger partial charge in [-0.3, -0.25) is 14.4 Å². The number of aliphatic hydroxyl groups excluding tert-OH is 1. The Morgan fingerprint density at radius 2 is 1.61 bits per heavy atom. The minimum absolute atomic E-state index is 0.140. The summed E-state index contributed by atoms with van der Waals surface area (Å²) in [6.45, 7) is 11.5. The predicted octanol–water partition coefficient (Wildman–Crippen LogP) is 7.60. The number of nitrogens with one attached hydrogen (secondary N) is 4. The molecule has 6 N–H and O–H groups in total. The summed E-state index contributed by atoms with van der Waals surface area (Å²) < 4.78 is 33.6. The summed E-state index contributed by atoms with van der Waals surface area (Å²) in [4.78, 5) is 60.8. The Morgan fingerprint density at radius 1 is 0.940 bits per heavy atom. The van der Waals surface area contributed by atoms with Crippen LogP contribution in [0.1, 0.15) is 128 Å². The number of carbonyl (C=O) groups is 4. The molecule has 1 aromatic carbocycles. The number of anilines is 1. The zero-order valence-electron chi connectivity index (χ0n) is 39.3. The van der Waals surface area contributed by atoms with Gasteiger partial charge < -0.3 is 36.4 Å². The summed E-state index contributed by atoms with van der Waals surface area (Å²) in [6, 6.07) is 11.4. The fraction of sp³-hybridized carbons (Fsp3) is 0.604. The van der Waals surface area contributed by atoms with Crippen LogP contribution in [-0.2, 0) is 32.1 Å². The van der Waals surface area contributed by atoms with Gasteiger partial charge in [-0.05, 0) is 68.5 Å². The topological polar surface area (TPSA) is 203 Å². The van der Waals surface area contributed by atoms with Crippen molar-refractivity contribution in [1.29, 1.82) is 0 Å². The molecule has 4 heterocycles. The number of likely N-dealkylation sites (tertiary alicyclic amines) is 1. The molecule has 0 radical (unpaired) electrons. The largest absolute Gasteiger partial charge is 0.490 e. The number of carbonyl (C=O) groups excluding carboxylic acids is 3. The summed E-state index contributed by atoms with van der Waals surface area (Å²) in [5.41, 5.74) is 6.45. The first-order valence-corrected chi connectivity index (χ1v) is 24.4. The molecule has 3 aromatic heterocycles. The molecule has 0 spiro atoms. The molecule has 1 saturated carbocycles. The number of carboxylic acids is 1. The first-order chi connectivity index (χ1) is 31.8. The third kappa shape index (κ3) is 16.0. The number of aromatic nitrogens is 4. The lowest BCUT2D eigenvalue weighted by atomic mass is 9.85. The minimum atomic E-state index is -5.08. The minimum Gasteiger partial charge on any atom is -0.475 e. The Morgan fingerprint density at radius 3 is 2.25 bits per heavy atom. The van der Waals surface area contributed by atoms with Crippen molar-refractivity contribution in [2.24, 2.45) is 5.41 Å². The zero-order valence-corrected chi connectivity index (χ0v) is 40.1. The van der Waals surface area contributed by atoms with Gasteiger partial charge in [0, 0.05) is 55.8 Å². The molecule has 6 rings (SSSR count). The van der Waals surface area contributed by atoms with Crippen molar-refractivity contribution < 1.29 is 42.6 Å². The van der Waals surface area contributed by atoms with Crippen LogP contribution in [0.25, 0.3) is 16.1 Å². The number of aryl methyl sites for hydroxylation is 2. The monoisotopic (exact) mass is 955 g/mol. The molecule has 4 aromatic rings. The van der Waals surface area contributed by atoms with Gasteiger partial charge in [0.05, 0.1) is 34.4 Å². The molecule has 2 fully saturated rings. The molecule has 1 aliphatic carbocycles. The molecule has 15 nitrogen and oxygen atoms in total. The van der Waals surface area contributed by atoms with Gasteiger partial charge in [-0.15, -0.1) is 11.3 Å². The van der Waals surface area contributed by atoms with E-state index in [1.165, 1.54) is 0 Å². The molecule has 0 unspecified atom stereocenters. The van der Waals surface area contributed by atoms with E-state index in [0.717, 1.165) is 116 Å². The van der Waals surface area contributed by atoms with Gasteiger partial charge in [0.15, 0.2) is 5.65 Å². The number of carboxylic acid groups (broad SMARTS) is 1. The maximum absolute atomic E-state index is 14.0. The highest BCUT2D eigenvalue weighted by molar-refractivity contribution is 7.13. The molecule has 19 heteroatoms. The maximum atomic E-state index is 14.0. The number of β-amino-alcohol motifs (C(OH)–C–C–N with tert-alkyl or cyclic N) is 1. The van der Waals surface area contributed by atoms with Gasteiger partial charge in [0.2, 0.25) is 17.7 Å². The molecule has 1 saturated heterocycles. The van der Waals surface area contributed by atoms with Crippen molar-refractivity contribution in [3.05, 3.63) is 65.1 Å². The number of fused-ring (bicyclic) bond motifs is 1. The van der Waals surface area contributed by atoms with E-state index in [9.17, 15) is 32.7 Å². The van der Waals surface area contributed by atoms with Crippen LogP contribution in [0.4, 0.5) is 19.0 Å². The number of amides is 3. The molecular formula is C48H68F3N9O6S. The number of benzene rings is 1. The lowest BCUT2D eigenvalue weighted by Crippen LogP contribution is -2.56. The summed E-state index contributed by atoms with van der Waals surface area (Å²) >= 11 is 1.61. The smallest absolute Gasteiger partial charge is 0.475 e. The van der Waals surface area contributed by atoms with E-state index in [-0.39, 0.29) is 42.1 Å². The molecule has 67 heavy (non-hydrogen) atoms. The number of alkyl halides is 3. The van der Waals surface area contributed by atoms with Crippen molar-refractivity contribution >= 4 is 46.5 Å². The lowest BCUT2D eigenvalue weighted by molar-refractivity contribution is -0.192. The molecule has 368 valence electrons. The van der Waals surface area contributed by atoms with Crippen LogP contribution in [-0.4, -0.2) is 108 Å². The van der Waals surface area contributed by atoms with E-state index in [1.807, 2.05) is 68.1 Å². The number of aliphatic hydroxyl groups is 1. The highest BCUT2D eigenvalue weighted by Gasteiger charge is 2.44. The van der Waals surface area contributed by atoms with Crippen molar-refractivity contribution in [3.8, 4) is 10.4 Å². The highest BCUT2D eigenvalue weighted by Crippen LogP contribution is 2.29. The van der Waals surface area contributed by atoms with Crippen molar-refractivity contribution in [3.63, 3.8) is 0 Å². The van der Waals surface area contributed by atoms with Gasteiger partial charge in [-0.1, -0.05) is 90.5 Å². The van der Waals surface area contributed by atoms with Crippen LogP contribution >= 0.6 is 11.3 Å². The third-order valence-electron chi connectivity index (χ3n) is 12.1. The Labute approximate surface area is 395 Å². The number of hydrogen-bond donors (Lipinski definition) is 6. The third-order valence-corrected chi connectivity index (χ3v) is 13.1. The van der Waals surface area contributed by atoms with Gasteiger partial charge in [-0.2, -0.15) is 22.8 Å². The normalized spacial score (nSPS) is 18.9. The predicted molar refractivity (Wildman–Crippen MR) is 252 cm³/mol. The summed E-state index contributed by atoms with van der Waals surface area (Å²) in [7, 11) is 0. The van der Waals surface area contributed by atoms with Crippen LogP contribution in [0.15, 0.2) is 48.1 Å². The number of thiazole rings is 1. The fourth-order valence-electron chi connectivity index (χ4n) is 8.64. The highest BCUT2D eigenvalue weighted by atomic mass is 32.1. The molecule has 3 amide bonds. The van der Waals surface area contributed by atoms with Gasteiger partial charge >= 0.3 is 12.1 Å². The average molecular weight is 956 g/mol. The van der Waals surface area contributed by atoms with E-state index in [0.29, 0.717) is 25.6 Å². The average Bonchev–Trinajstić information content (AvgIpc) is 4.10. The van der Waals surface area contributed by atoms with E-state index < -0.39 is 30.3 Å². The number of halogens is 3. The first-order valence-electron chi connectivity index (χ1n) is 23.5. The fourth-order valence-corrected chi connectivity index (χ4v) is 9.45. The Bertz CT molecular complexity index is 2230. The van der Waals surface area contributed by atoms with Crippen LogP contribution in [0, 0.1) is 12.3 Å². The van der Waals surface area contributed by atoms with E-state index in [2.05, 4.69) is 44.3 Å². The van der Waals surface area contributed by atoms with Gasteiger partial charge in [-0.25, -0.2) is 14.8 Å². The second kappa shape index (κ2) is 24.8. The molecule has 1 aliphatic heterocycles. The SMILES string of the molecule is CCCc1cc(N[C@@H]2CC[C@@H](NC(=O)CCCCCCCCCN[C@H](C(=O)N3C[C@H](O)C[C@H]3C(=O)NCc3ccc(-c4scnc4C)cc3)C(C)(C)C)C2)n2nccc2n1.O=C(O)C(F)(F)F. The van der Waals surface area contributed by atoms with E-state index in [4.69, 9.17) is 14.9 Å². The van der Waals surface area contributed by atoms with Gasteiger partial charge in [0.1, 0.15) is 11.9 Å². The van der Waals surface area contributed by atoms with Crippen molar-refractivity contribution in [2.75, 3.05) is 18.4 Å². The van der Waals surface area contributed by atoms with Crippen LogP contribution in [0.2, 0.25) is 0 Å². The standard InChI is InChI=1S/C46H67N9O4S.C2HF3O2/c1-6-14-34-26-40(55-39(51-34)22-24-50-55)52-35-20-21-36(25-35)53-41(57)15-12-10-8-7-9-11-13-23-47-43(46(3,4)5)45(59)54-29-37(56)27-38(54)44(58)48-28-32-16-18-33(19-17-32)42-31(2)49-30-60-42;3-2(4,5)1(6)7/h16-19,22,24,26,30,35-38,43,47,52,56H,6-15,20-21,23,25,27-29H2,1-5H3,(H,48,58)(H,53,57);(H,6,7)/t35-,36-,37-,38+,43-;/m1./s1. The Balaban J connectivity index is 0.00000111. The van der Waals surface area contributed by atoms with E-state index >= 15 is 0 Å². The molecule has 5 atom stereocenters. The number of hydrogen-bond acceptors (Lipinski definition) is 11. The molecule has 2 aliphatic rings. The Kier molecular flexibility index (Phi) is 19.5. The Hall–Kier alpha value is -5.14. The number of rotatable bonds is 21. The van der Waals surface area contributed by atoms with Crippen LogP contribution in [0.3, 0.4) is 0 Å². The second-order valence-corrected chi connectivity index (χ2v) is 19.6. The summed E-state index contributed by atoms with van der Waals surface area (Å²) in [6.07, 6.45) is 8.89. The lowest BCUT2D eigenvalue weighted by Gasteiger charge is -2.35. The van der Waals surface area contributed by atoms with Crippen molar-refractivity contribution in [1.82, 2.24) is 40.4 Å². The molecular weight excluding hydrogens is 888 g/mol. The number of aliphatic carboxylic acids is 1. The summed E-state index contributed by atoms with van der Waals surface area (Å²) in [5.74, 6) is -2.02. The number of nitrogens with zero attached hydrogens (tertiary/aromatic N) is 5. The van der Waals surface area contributed by atoms with Crippen LogP contribution < -0.4 is 21.3 Å². The quantitative estimate of drug-likeness (QED) is 0.0449. The van der Waals surface area contributed by atoms with Crippen molar-refractivity contribution in [2.45, 2.75) is 168 Å².